The van der Waals surface area contributed by atoms with Crippen LogP contribution in [0.5, 0.6) is 11.5 Å². The van der Waals surface area contributed by atoms with Gasteiger partial charge >= 0.3 is 0 Å². The molecule has 5 heteroatoms. The Hall–Kier alpha value is -1.75. The third-order valence-corrected chi connectivity index (χ3v) is 2.23. The fraction of sp³-hybridized carbons (Fsp3) is 0.417. The highest BCUT2D eigenvalue weighted by Crippen LogP contribution is 2.27. The number of nitrogens with one attached hydrogen (secondary N) is 1. The van der Waals surface area contributed by atoms with Crippen LogP contribution >= 0.6 is 0 Å². The van der Waals surface area contributed by atoms with Gasteiger partial charge in [0.1, 0.15) is 0 Å². The lowest BCUT2D eigenvalue weighted by molar-refractivity contribution is 0.0951. The molecule has 1 aromatic rings. The first-order valence-corrected chi connectivity index (χ1v) is 5.34. The van der Waals surface area contributed by atoms with Crippen molar-refractivity contribution >= 4 is 5.91 Å². The zero-order chi connectivity index (χ0) is 12.8. The van der Waals surface area contributed by atoms with Gasteiger partial charge in [0.2, 0.25) is 0 Å². The van der Waals surface area contributed by atoms with E-state index in [9.17, 15) is 4.79 Å². The SMILES string of the molecule is COc1ccc(C(=O)NCC(C)N)cc1OC. The van der Waals surface area contributed by atoms with Gasteiger partial charge in [0.15, 0.2) is 11.5 Å². The highest BCUT2D eigenvalue weighted by atomic mass is 16.5. The molecule has 0 heterocycles. The molecule has 0 saturated carbocycles. The molecule has 5 nitrogen and oxygen atoms in total. The van der Waals surface area contributed by atoms with Crippen LogP contribution in [0.3, 0.4) is 0 Å². The van der Waals surface area contributed by atoms with Crippen molar-refractivity contribution in [3.63, 3.8) is 0 Å². The summed E-state index contributed by atoms with van der Waals surface area (Å²) in [7, 11) is 3.08. The van der Waals surface area contributed by atoms with E-state index in [4.69, 9.17) is 15.2 Å². The van der Waals surface area contributed by atoms with Crippen molar-refractivity contribution in [2.45, 2.75) is 13.0 Å². The zero-order valence-electron chi connectivity index (χ0n) is 10.3. The van der Waals surface area contributed by atoms with Gasteiger partial charge in [-0.25, -0.2) is 0 Å². The number of hydrogen-bond acceptors (Lipinski definition) is 4. The second kappa shape index (κ2) is 6.10. The molecule has 1 aromatic carbocycles. The fourth-order valence-electron chi connectivity index (χ4n) is 1.33. The van der Waals surface area contributed by atoms with Gasteiger partial charge in [0, 0.05) is 18.2 Å². The maximum absolute atomic E-state index is 11.8. The van der Waals surface area contributed by atoms with E-state index in [0.29, 0.717) is 23.6 Å². The van der Waals surface area contributed by atoms with Crippen LogP contribution in [0.2, 0.25) is 0 Å². The van der Waals surface area contributed by atoms with Crippen LogP contribution in [0, 0.1) is 0 Å². The van der Waals surface area contributed by atoms with Gasteiger partial charge < -0.3 is 20.5 Å². The number of hydrogen-bond donors (Lipinski definition) is 2. The summed E-state index contributed by atoms with van der Waals surface area (Å²) >= 11 is 0. The van der Waals surface area contributed by atoms with E-state index in [0.717, 1.165) is 0 Å². The Bertz CT molecular complexity index is 391. The van der Waals surface area contributed by atoms with Gasteiger partial charge in [-0.1, -0.05) is 0 Å². The van der Waals surface area contributed by atoms with Crippen molar-refractivity contribution in [1.82, 2.24) is 5.32 Å². The molecule has 0 spiro atoms. The van der Waals surface area contributed by atoms with Gasteiger partial charge in [-0.05, 0) is 25.1 Å². The minimum absolute atomic E-state index is 0.0703. The molecule has 0 fully saturated rings. The third kappa shape index (κ3) is 3.64. The molecule has 1 unspecified atom stereocenters. The first kappa shape index (κ1) is 13.3. The minimum Gasteiger partial charge on any atom is -0.493 e. The van der Waals surface area contributed by atoms with Gasteiger partial charge in [-0.3, -0.25) is 4.79 Å². The molecular formula is C12H18N2O3. The highest BCUT2D eigenvalue weighted by molar-refractivity contribution is 5.94. The lowest BCUT2D eigenvalue weighted by Crippen LogP contribution is -2.35. The average molecular weight is 238 g/mol. The predicted molar refractivity (Wildman–Crippen MR) is 65.5 cm³/mol. The first-order chi connectivity index (χ1) is 8.08. The molecule has 17 heavy (non-hydrogen) atoms. The molecule has 0 bridgehead atoms. The summed E-state index contributed by atoms with van der Waals surface area (Å²) in [5, 5.41) is 2.73. The number of nitrogens with two attached hydrogens (primary N) is 1. The largest absolute Gasteiger partial charge is 0.493 e. The lowest BCUT2D eigenvalue weighted by Gasteiger charge is -2.11. The van der Waals surface area contributed by atoms with Crippen molar-refractivity contribution in [3.05, 3.63) is 23.8 Å². The van der Waals surface area contributed by atoms with E-state index in [1.54, 1.807) is 25.3 Å². The molecule has 0 aliphatic heterocycles. The van der Waals surface area contributed by atoms with Crippen molar-refractivity contribution in [1.29, 1.82) is 0 Å². The van der Waals surface area contributed by atoms with Crippen LogP contribution in [-0.4, -0.2) is 32.7 Å². The fourth-order valence-corrected chi connectivity index (χ4v) is 1.33. The molecule has 3 N–H and O–H groups in total. The normalized spacial score (nSPS) is 11.8. The monoisotopic (exact) mass is 238 g/mol. The number of rotatable bonds is 5. The number of carbonyl (C=O) groups excluding carboxylic acids is 1. The quantitative estimate of drug-likeness (QED) is 0.795. The number of methoxy groups -OCH3 is 2. The lowest BCUT2D eigenvalue weighted by atomic mass is 10.2. The van der Waals surface area contributed by atoms with Crippen molar-refractivity contribution in [3.8, 4) is 11.5 Å². The summed E-state index contributed by atoms with van der Waals surface area (Å²) in [5.74, 6) is 0.945. The van der Waals surface area contributed by atoms with Crippen LogP contribution < -0.4 is 20.5 Å². The molecular weight excluding hydrogens is 220 g/mol. The van der Waals surface area contributed by atoms with Crippen LogP contribution in [0.25, 0.3) is 0 Å². The summed E-state index contributed by atoms with van der Waals surface area (Å²) in [5.41, 5.74) is 6.08. The van der Waals surface area contributed by atoms with Gasteiger partial charge in [-0.15, -0.1) is 0 Å². The standard InChI is InChI=1S/C12H18N2O3/c1-8(13)7-14-12(15)9-4-5-10(16-2)11(6-9)17-3/h4-6,8H,7,13H2,1-3H3,(H,14,15). The van der Waals surface area contributed by atoms with Crippen molar-refractivity contribution < 1.29 is 14.3 Å². The summed E-state index contributed by atoms with van der Waals surface area (Å²) < 4.78 is 10.2. The second-order valence-corrected chi connectivity index (χ2v) is 3.76. The Morgan fingerprint density at radius 2 is 2.00 bits per heavy atom. The van der Waals surface area contributed by atoms with Gasteiger partial charge in [0.05, 0.1) is 14.2 Å². The van der Waals surface area contributed by atoms with Gasteiger partial charge in [0.25, 0.3) is 5.91 Å². The van der Waals surface area contributed by atoms with E-state index < -0.39 is 0 Å². The summed E-state index contributed by atoms with van der Waals surface area (Å²) in [4.78, 5) is 11.8. The molecule has 1 atom stereocenters. The smallest absolute Gasteiger partial charge is 0.251 e. The Morgan fingerprint density at radius 1 is 1.35 bits per heavy atom. The summed E-state index contributed by atoms with van der Waals surface area (Å²) in [6.07, 6.45) is 0. The Morgan fingerprint density at radius 3 is 2.53 bits per heavy atom. The van der Waals surface area contributed by atoms with E-state index in [2.05, 4.69) is 5.32 Å². The van der Waals surface area contributed by atoms with E-state index in [1.807, 2.05) is 6.92 Å². The van der Waals surface area contributed by atoms with Crippen LogP contribution in [0.4, 0.5) is 0 Å². The van der Waals surface area contributed by atoms with Crippen molar-refractivity contribution in [2.75, 3.05) is 20.8 Å². The molecule has 1 amide bonds. The molecule has 94 valence electrons. The predicted octanol–water partition coefficient (Wildman–Crippen LogP) is 0.781. The molecule has 0 aromatic heterocycles. The molecule has 0 aliphatic rings. The number of carbonyl (C=O) groups is 1. The third-order valence-electron chi connectivity index (χ3n) is 2.23. The number of amides is 1. The van der Waals surface area contributed by atoms with Crippen LogP contribution in [0.1, 0.15) is 17.3 Å². The first-order valence-electron chi connectivity index (χ1n) is 5.34. The van der Waals surface area contributed by atoms with Crippen molar-refractivity contribution in [2.24, 2.45) is 5.73 Å². The summed E-state index contributed by atoms with van der Waals surface area (Å²) in [6.45, 7) is 2.27. The number of ether oxygens (including phenoxy) is 2. The zero-order valence-corrected chi connectivity index (χ0v) is 10.3. The highest BCUT2D eigenvalue weighted by Gasteiger charge is 2.10. The summed E-state index contributed by atoms with van der Waals surface area (Å²) in [6, 6.07) is 4.94. The van der Waals surface area contributed by atoms with E-state index in [1.165, 1.54) is 7.11 Å². The number of benzene rings is 1. The Labute approximate surface area is 101 Å². The minimum atomic E-state index is -0.178. The second-order valence-electron chi connectivity index (χ2n) is 3.76. The van der Waals surface area contributed by atoms with E-state index >= 15 is 0 Å². The Kier molecular flexibility index (Phi) is 4.78. The van der Waals surface area contributed by atoms with E-state index in [-0.39, 0.29) is 11.9 Å². The topological polar surface area (TPSA) is 73.6 Å². The average Bonchev–Trinajstić information content (AvgIpc) is 2.34. The van der Waals surface area contributed by atoms with Crippen LogP contribution in [-0.2, 0) is 0 Å². The van der Waals surface area contributed by atoms with Gasteiger partial charge in [-0.2, -0.15) is 0 Å². The Balaban J connectivity index is 2.81. The molecule has 0 saturated heterocycles. The molecule has 0 aliphatic carbocycles. The maximum Gasteiger partial charge on any atom is 0.251 e. The molecule has 0 radical (unpaired) electrons. The maximum atomic E-state index is 11.8. The van der Waals surface area contributed by atoms with Crippen LogP contribution in [0.15, 0.2) is 18.2 Å². The molecule has 1 rings (SSSR count).